The molecule has 0 amide bonds. The van der Waals surface area contributed by atoms with Gasteiger partial charge in [0.15, 0.2) is 6.10 Å². The van der Waals surface area contributed by atoms with E-state index < -0.39 is 12.1 Å². The predicted octanol–water partition coefficient (Wildman–Crippen LogP) is 0.997. The van der Waals surface area contributed by atoms with Crippen LogP contribution in [0.15, 0.2) is 18.2 Å². The lowest BCUT2D eigenvalue weighted by Gasteiger charge is -2.13. The third-order valence-electron chi connectivity index (χ3n) is 2.02. The molecule has 0 saturated heterocycles. The highest BCUT2D eigenvalue weighted by Crippen LogP contribution is 2.29. The normalized spacial score (nSPS) is 11.9. The molecule has 0 aromatic heterocycles. The average molecular weight is 226 g/mol. The van der Waals surface area contributed by atoms with Gasteiger partial charge in [-0.3, -0.25) is 0 Å². The summed E-state index contributed by atoms with van der Waals surface area (Å²) >= 11 is 0. The number of phenolic OH excluding ortho intramolecular Hbond substituents is 1. The Morgan fingerprint density at radius 3 is 2.75 bits per heavy atom. The smallest absolute Gasteiger partial charge is 0.339 e. The van der Waals surface area contributed by atoms with Crippen molar-refractivity contribution >= 4 is 5.97 Å². The molecule has 5 nitrogen and oxygen atoms in total. The Balaban J connectivity index is 2.98. The first-order valence-electron chi connectivity index (χ1n) is 4.81. The number of carbonyl (C=O) groups is 1. The number of ether oxygens (including phenoxy) is 2. The van der Waals surface area contributed by atoms with E-state index in [1.807, 2.05) is 0 Å². The molecule has 0 aliphatic heterocycles. The molecule has 1 rings (SSSR count). The largest absolute Gasteiger partial charge is 0.508 e. The van der Waals surface area contributed by atoms with Gasteiger partial charge in [0, 0.05) is 11.6 Å². The van der Waals surface area contributed by atoms with E-state index in [9.17, 15) is 15.0 Å². The summed E-state index contributed by atoms with van der Waals surface area (Å²) in [5.74, 6) is -0.510. The molecule has 0 heterocycles. The van der Waals surface area contributed by atoms with Crippen molar-refractivity contribution in [1.82, 2.24) is 0 Å². The lowest BCUT2D eigenvalue weighted by molar-refractivity contribution is -0.153. The summed E-state index contributed by atoms with van der Waals surface area (Å²) in [6, 6.07) is 4.09. The third kappa shape index (κ3) is 2.64. The maximum Gasteiger partial charge on any atom is 0.339 e. The zero-order valence-electron chi connectivity index (χ0n) is 9.14. The van der Waals surface area contributed by atoms with Crippen LogP contribution in [0.5, 0.6) is 11.5 Å². The lowest BCUT2D eigenvalue weighted by Crippen LogP contribution is -2.16. The van der Waals surface area contributed by atoms with Crippen LogP contribution in [0.1, 0.15) is 18.6 Å². The van der Waals surface area contributed by atoms with Gasteiger partial charge < -0.3 is 19.7 Å². The van der Waals surface area contributed by atoms with Crippen molar-refractivity contribution in [3.63, 3.8) is 0 Å². The maximum absolute atomic E-state index is 11.3. The molecule has 0 radical (unpaired) electrons. The van der Waals surface area contributed by atoms with Gasteiger partial charge in [-0.05, 0) is 19.1 Å². The first-order chi connectivity index (χ1) is 7.60. The minimum Gasteiger partial charge on any atom is -0.508 e. The molecule has 2 N–H and O–H groups in total. The molecule has 16 heavy (non-hydrogen) atoms. The number of aliphatic hydroxyl groups is 1. The summed E-state index contributed by atoms with van der Waals surface area (Å²) in [5, 5.41) is 18.9. The predicted molar refractivity (Wildman–Crippen MR) is 56.3 cm³/mol. The number of aliphatic hydroxyl groups excluding tert-OH is 1. The van der Waals surface area contributed by atoms with Crippen LogP contribution in [0.4, 0.5) is 0 Å². The van der Waals surface area contributed by atoms with Gasteiger partial charge in [-0.2, -0.15) is 0 Å². The van der Waals surface area contributed by atoms with Gasteiger partial charge in [-0.15, -0.1) is 0 Å². The highest BCUT2D eigenvalue weighted by molar-refractivity contribution is 5.77. The Morgan fingerprint density at radius 1 is 1.50 bits per heavy atom. The highest BCUT2D eigenvalue weighted by Gasteiger charge is 2.22. The molecular weight excluding hydrogens is 212 g/mol. The molecule has 0 fully saturated rings. The van der Waals surface area contributed by atoms with E-state index in [0.717, 1.165) is 0 Å². The van der Waals surface area contributed by atoms with Crippen molar-refractivity contribution in [2.24, 2.45) is 0 Å². The van der Waals surface area contributed by atoms with Gasteiger partial charge in [-0.25, -0.2) is 4.79 Å². The van der Waals surface area contributed by atoms with Crippen LogP contribution in [-0.2, 0) is 9.53 Å². The van der Waals surface area contributed by atoms with Crippen LogP contribution in [0.3, 0.4) is 0 Å². The number of hydrogen-bond acceptors (Lipinski definition) is 5. The second kappa shape index (κ2) is 5.37. The van der Waals surface area contributed by atoms with Crippen LogP contribution in [0.2, 0.25) is 0 Å². The highest BCUT2D eigenvalue weighted by atomic mass is 16.5. The van der Waals surface area contributed by atoms with Crippen molar-refractivity contribution < 1.29 is 24.5 Å². The average Bonchev–Trinajstić information content (AvgIpc) is 2.28. The van der Waals surface area contributed by atoms with Gasteiger partial charge in [-0.1, -0.05) is 0 Å². The Labute approximate surface area is 93.2 Å². The number of rotatable bonds is 4. The second-order valence-corrected chi connectivity index (χ2v) is 3.08. The number of aromatic hydroxyl groups is 1. The molecule has 0 spiro atoms. The van der Waals surface area contributed by atoms with Crippen LogP contribution in [0, 0.1) is 0 Å². The van der Waals surface area contributed by atoms with Gasteiger partial charge in [0.2, 0.25) is 0 Å². The van der Waals surface area contributed by atoms with E-state index in [2.05, 4.69) is 4.74 Å². The lowest BCUT2D eigenvalue weighted by atomic mass is 10.1. The minimum atomic E-state index is -1.41. The summed E-state index contributed by atoms with van der Waals surface area (Å²) < 4.78 is 9.63. The van der Waals surface area contributed by atoms with Crippen LogP contribution < -0.4 is 4.74 Å². The summed E-state index contributed by atoms with van der Waals surface area (Å²) in [6.45, 7) is 1.84. The molecule has 1 atom stereocenters. The van der Waals surface area contributed by atoms with E-state index in [0.29, 0.717) is 0 Å². The van der Waals surface area contributed by atoms with Crippen molar-refractivity contribution in [2.45, 2.75) is 13.0 Å². The summed E-state index contributed by atoms with van der Waals surface area (Å²) in [5.41, 5.74) is 0.263. The first-order valence-corrected chi connectivity index (χ1v) is 4.81. The van der Waals surface area contributed by atoms with Crippen molar-refractivity contribution in [3.8, 4) is 11.5 Å². The van der Waals surface area contributed by atoms with Crippen LogP contribution in [-0.4, -0.2) is 29.9 Å². The van der Waals surface area contributed by atoms with E-state index in [1.165, 1.54) is 25.3 Å². The molecule has 0 bridgehead atoms. The SMILES string of the molecule is CCOC(=O)C(O)c1ccc(O)cc1OC. The maximum atomic E-state index is 11.3. The second-order valence-electron chi connectivity index (χ2n) is 3.08. The summed E-state index contributed by atoms with van der Waals surface area (Å²) in [4.78, 5) is 11.3. The topological polar surface area (TPSA) is 76.0 Å². The van der Waals surface area contributed by atoms with Crippen LogP contribution in [0.25, 0.3) is 0 Å². The van der Waals surface area contributed by atoms with Gasteiger partial charge in [0.05, 0.1) is 13.7 Å². The van der Waals surface area contributed by atoms with Gasteiger partial charge >= 0.3 is 5.97 Å². The Morgan fingerprint density at radius 2 is 2.19 bits per heavy atom. The van der Waals surface area contributed by atoms with E-state index in [1.54, 1.807) is 6.92 Å². The molecule has 0 aliphatic rings. The third-order valence-corrected chi connectivity index (χ3v) is 2.02. The number of carbonyl (C=O) groups excluding carboxylic acids is 1. The molecule has 1 unspecified atom stereocenters. The van der Waals surface area contributed by atoms with Gasteiger partial charge in [0.1, 0.15) is 11.5 Å². The molecule has 1 aromatic rings. The van der Waals surface area contributed by atoms with Crippen molar-refractivity contribution in [2.75, 3.05) is 13.7 Å². The molecular formula is C11H14O5. The Kier molecular flexibility index (Phi) is 4.13. The fourth-order valence-electron chi connectivity index (χ4n) is 1.27. The standard InChI is InChI=1S/C11H14O5/c1-3-16-11(14)10(13)8-5-4-7(12)6-9(8)15-2/h4-6,10,12-13H,3H2,1-2H3. The first kappa shape index (κ1) is 12.3. The number of methoxy groups -OCH3 is 1. The molecule has 5 heteroatoms. The van der Waals surface area contributed by atoms with Gasteiger partial charge in [0.25, 0.3) is 0 Å². The van der Waals surface area contributed by atoms with E-state index in [-0.39, 0.29) is 23.7 Å². The van der Waals surface area contributed by atoms with E-state index >= 15 is 0 Å². The minimum absolute atomic E-state index is 0.00309. The quantitative estimate of drug-likeness (QED) is 0.749. The summed E-state index contributed by atoms with van der Waals surface area (Å²) in [6.07, 6.45) is -1.41. The number of benzene rings is 1. The fraction of sp³-hybridized carbons (Fsp3) is 0.364. The number of phenols is 1. The molecule has 1 aromatic carbocycles. The zero-order valence-corrected chi connectivity index (χ0v) is 9.14. The van der Waals surface area contributed by atoms with Crippen LogP contribution >= 0.6 is 0 Å². The molecule has 0 saturated carbocycles. The Hall–Kier alpha value is -1.75. The number of esters is 1. The zero-order chi connectivity index (χ0) is 12.1. The summed E-state index contributed by atoms with van der Waals surface area (Å²) in [7, 11) is 1.39. The fourth-order valence-corrected chi connectivity index (χ4v) is 1.27. The molecule has 88 valence electrons. The van der Waals surface area contributed by atoms with Crippen molar-refractivity contribution in [3.05, 3.63) is 23.8 Å². The molecule has 0 aliphatic carbocycles. The number of hydrogen-bond donors (Lipinski definition) is 2. The van der Waals surface area contributed by atoms with Crippen molar-refractivity contribution in [1.29, 1.82) is 0 Å². The monoisotopic (exact) mass is 226 g/mol. The van der Waals surface area contributed by atoms with E-state index in [4.69, 9.17) is 4.74 Å². The Bertz CT molecular complexity index is 375.